The van der Waals surface area contributed by atoms with Crippen molar-refractivity contribution in [2.75, 3.05) is 17.3 Å². The number of methoxy groups -OCH3 is 1. The number of amides is 2. The number of carbonyl (C=O) groups excluding carboxylic acids is 2. The van der Waals surface area contributed by atoms with Crippen molar-refractivity contribution in [2.45, 2.75) is 6.54 Å². The molecule has 6 nitrogen and oxygen atoms in total. The van der Waals surface area contributed by atoms with Crippen molar-refractivity contribution < 1.29 is 19.4 Å². The summed E-state index contributed by atoms with van der Waals surface area (Å²) in [5.41, 5.74) is 2.26. The van der Waals surface area contributed by atoms with Gasteiger partial charge in [0.05, 0.1) is 24.9 Å². The van der Waals surface area contributed by atoms with Crippen molar-refractivity contribution in [2.24, 2.45) is 0 Å². The molecule has 0 bridgehead atoms. The number of nitrogens with one attached hydrogen (secondary N) is 1. The van der Waals surface area contributed by atoms with E-state index in [1.54, 1.807) is 0 Å². The zero-order valence-corrected chi connectivity index (χ0v) is 11.9. The van der Waals surface area contributed by atoms with Gasteiger partial charge in [-0.3, -0.25) is 4.90 Å². The summed E-state index contributed by atoms with van der Waals surface area (Å²) < 4.78 is 4.60. The van der Waals surface area contributed by atoms with E-state index in [0.29, 0.717) is 12.2 Å². The number of rotatable bonds is 2. The zero-order valence-electron chi connectivity index (χ0n) is 11.9. The van der Waals surface area contributed by atoms with Gasteiger partial charge in [0.15, 0.2) is 0 Å². The molecule has 0 spiro atoms. The number of urea groups is 1. The summed E-state index contributed by atoms with van der Waals surface area (Å²) in [4.78, 5) is 25.1. The highest BCUT2D eigenvalue weighted by molar-refractivity contribution is 6.05. The molecule has 0 saturated carbocycles. The summed E-state index contributed by atoms with van der Waals surface area (Å²) in [5, 5.41) is 12.9. The number of phenolic OH excluding ortho intramolecular Hbond substituents is 1. The highest BCUT2D eigenvalue weighted by Gasteiger charge is 2.25. The number of hydrogen-bond acceptors (Lipinski definition) is 4. The van der Waals surface area contributed by atoms with Gasteiger partial charge in [-0.1, -0.05) is 18.2 Å². The molecule has 0 aliphatic carbocycles. The minimum atomic E-state index is -0.546. The predicted octanol–water partition coefficient (Wildman–Crippen LogP) is 2.73. The molecule has 0 aromatic heterocycles. The fourth-order valence-corrected chi connectivity index (χ4v) is 2.40. The lowest BCUT2D eigenvalue weighted by Gasteiger charge is -2.29. The van der Waals surface area contributed by atoms with Crippen LogP contribution in [0.5, 0.6) is 5.75 Å². The van der Waals surface area contributed by atoms with Gasteiger partial charge in [-0.15, -0.1) is 0 Å². The van der Waals surface area contributed by atoms with Crippen molar-refractivity contribution in [3.63, 3.8) is 0 Å². The van der Waals surface area contributed by atoms with Crippen LogP contribution in [0.1, 0.15) is 15.9 Å². The molecule has 1 aliphatic rings. The van der Waals surface area contributed by atoms with Crippen LogP contribution in [0, 0.1) is 0 Å². The lowest BCUT2D eigenvalue weighted by Crippen LogP contribution is -2.38. The Labute approximate surface area is 126 Å². The first-order chi connectivity index (χ1) is 10.6. The summed E-state index contributed by atoms with van der Waals surface area (Å²) in [7, 11) is 1.27. The topological polar surface area (TPSA) is 78.9 Å². The molecule has 3 rings (SSSR count). The molecule has 2 aromatic rings. The minimum absolute atomic E-state index is 0.155. The Morgan fingerprint density at radius 2 is 2.05 bits per heavy atom. The number of benzene rings is 2. The van der Waals surface area contributed by atoms with Crippen molar-refractivity contribution in [3.05, 3.63) is 53.6 Å². The van der Waals surface area contributed by atoms with Crippen LogP contribution in [0.3, 0.4) is 0 Å². The highest BCUT2D eigenvalue weighted by Crippen LogP contribution is 2.33. The summed E-state index contributed by atoms with van der Waals surface area (Å²) >= 11 is 0. The van der Waals surface area contributed by atoms with E-state index >= 15 is 0 Å². The first kappa shape index (κ1) is 13.9. The highest BCUT2D eigenvalue weighted by atomic mass is 16.5. The zero-order chi connectivity index (χ0) is 15.7. The molecular weight excluding hydrogens is 284 g/mol. The average molecular weight is 298 g/mol. The third kappa shape index (κ3) is 2.35. The van der Waals surface area contributed by atoms with E-state index in [0.717, 1.165) is 11.3 Å². The molecule has 0 unspecified atom stereocenters. The lowest BCUT2D eigenvalue weighted by atomic mass is 10.1. The Hall–Kier alpha value is -3.02. The van der Waals surface area contributed by atoms with Crippen molar-refractivity contribution in [1.29, 1.82) is 0 Å². The summed E-state index contributed by atoms with van der Waals surface area (Å²) in [5.74, 6) is -0.701. The van der Waals surface area contributed by atoms with Crippen LogP contribution >= 0.6 is 0 Å². The van der Waals surface area contributed by atoms with Crippen LogP contribution in [0.15, 0.2) is 42.5 Å². The number of ether oxygens (including phenoxy) is 1. The molecular formula is C16H14N2O4. The van der Waals surface area contributed by atoms with Gasteiger partial charge in [0, 0.05) is 5.69 Å². The molecule has 0 radical (unpaired) electrons. The molecule has 1 heterocycles. The molecule has 22 heavy (non-hydrogen) atoms. The van der Waals surface area contributed by atoms with Crippen LogP contribution in [0.4, 0.5) is 16.2 Å². The maximum atomic E-state index is 12.2. The average Bonchev–Trinajstić information content (AvgIpc) is 2.53. The summed E-state index contributed by atoms with van der Waals surface area (Å²) in [6.07, 6.45) is 0. The Balaban J connectivity index is 1.95. The quantitative estimate of drug-likeness (QED) is 0.836. The Morgan fingerprint density at radius 1 is 1.27 bits per heavy atom. The first-order valence-corrected chi connectivity index (χ1v) is 6.68. The maximum absolute atomic E-state index is 12.2. The van der Waals surface area contributed by atoms with Crippen LogP contribution in [-0.2, 0) is 11.3 Å². The monoisotopic (exact) mass is 298 g/mol. The van der Waals surface area contributed by atoms with E-state index < -0.39 is 5.97 Å². The van der Waals surface area contributed by atoms with E-state index in [-0.39, 0.29) is 17.3 Å². The van der Waals surface area contributed by atoms with Crippen LogP contribution in [-0.4, -0.2) is 24.2 Å². The van der Waals surface area contributed by atoms with E-state index in [9.17, 15) is 14.7 Å². The maximum Gasteiger partial charge on any atom is 0.337 e. The number of phenols is 1. The number of hydrogen-bond donors (Lipinski definition) is 2. The minimum Gasteiger partial charge on any atom is -0.506 e. The predicted molar refractivity (Wildman–Crippen MR) is 81.1 cm³/mol. The van der Waals surface area contributed by atoms with Crippen molar-refractivity contribution in [3.8, 4) is 5.75 Å². The van der Waals surface area contributed by atoms with Gasteiger partial charge in [-0.25, -0.2) is 9.59 Å². The van der Waals surface area contributed by atoms with E-state index in [4.69, 9.17) is 0 Å². The van der Waals surface area contributed by atoms with Gasteiger partial charge >= 0.3 is 12.0 Å². The molecule has 1 aliphatic heterocycles. The van der Waals surface area contributed by atoms with Crippen molar-refractivity contribution >= 4 is 23.4 Å². The smallest absolute Gasteiger partial charge is 0.337 e. The molecule has 2 amide bonds. The second-order valence-corrected chi connectivity index (χ2v) is 4.87. The largest absolute Gasteiger partial charge is 0.506 e. The van der Waals surface area contributed by atoms with Gasteiger partial charge < -0.3 is 15.2 Å². The molecule has 112 valence electrons. The fraction of sp³-hybridized carbons (Fsp3) is 0.125. The van der Waals surface area contributed by atoms with E-state index in [2.05, 4.69) is 10.1 Å². The number of carbonyl (C=O) groups is 2. The van der Waals surface area contributed by atoms with E-state index in [1.807, 2.05) is 24.3 Å². The molecule has 6 heteroatoms. The SMILES string of the molecule is COC(=O)c1ccc(N2Cc3ccccc3NC2=O)c(O)c1. The standard InChI is InChI=1S/C16H14N2O4/c1-22-15(20)10-6-7-13(14(19)8-10)18-9-11-4-2-3-5-12(11)17-16(18)21/h2-8,19H,9H2,1H3,(H,17,21). The van der Waals surface area contributed by atoms with Crippen LogP contribution in [0.25, 0.3) is 0 Å². The second kappa shape index (κ2) is 5.40. The molecule has 2 aromatic carbocycles. The molecule has 0 fully saturated rings. The molecule has 0 atom stereocenters. The van der Waals surface area contributed by atoms with Gasteiger partial charge in [-0.2, -0.15) is 0 Å². The van der Waals surface area contributed by atoms with E-state index in [1.165, 1.54) is 30.2 Å². The summed E-state index contributed by atoms with van der Waals surface area (Å²) in [6, 6.07) is 11.4. The number of anilines is 2. The van der Waals surface area contributed by atoms with Gasteiger partial charge in [0.2, 0.25) is 0 Å². The number of nitrogens with zero attached hydrogens (tertiary/aromatic N) is 1. The second-order valence-electron chi connectivity index (χ2n) is 4.87. The van der Waals surface area contributed by atoms with Crippen LogP contribution < -0.4 is 10.2 Å². The Bertz CT molecular complexity index is 758. The third-order valence-electron chi connectivity index (χ3n) is 3.52. The molecule has 2 N–H and O–H groups in total. The Morgan fingerprint density at radius 3 is 2.77 bits per heavy atom. The Kier molecular flexibility index (Phi) is 3.42. The molecule has 0 saturated heterocycles. The lowest BCUT2D eigenvalue weighted by molar-refractivity contribution is 0.0600. The van der Waals surface area contributed by atoms with Crippen LogP contribution in [0.2, 0.25) is 0 Å². The first-order valence-electron chi connectivity index (χ1n) is 6.68. The van der Waals surface area contributed by atoms with Gasteiger partial charge in [-0.05, 0) is 29.8 Å². The van der Waals surface area contributed by atoms with Gasteiger partial charge in [0.1, 0.15) is 5.75 Å². The number of aromatic hydroxyl groups is 1. The third-order valence-corrected chi connectivity index (χ3v) is 3.52. The fourth-order valence-electron chi connectivity index (χ4n) is 2.40. The summed E-state index contributed by atoms with van der Waals surface area (Å²) in [6.45, 7) is 0.340. The number of fused-ring (bicyclic) bond motifs is 1. The number of para-hydroxylation sites is 1. The van der Waals surface area contributed by atoms with Gasteiger partial charge in [0.25, 0.3) is 0 Å². The normalized spacial score (nSPS) is 13.3. The number of esters is 1. The van der Waals surface area contributed by atoms with Crippen molar-refractivity contribution in [1.82, 2.24) is 0 Å².